The van der Waals surface area contributed by atoms with Crippen LogP contribution in [0.15, 0.2) is 121 Å². The standard InChI is InChI=1S/C33H33.2C6H11.C5H5.CH2.2ClH.Zr/c1-32(2,3)30-20-26-24(18-28(30)22-13-9-7-10-14-22)17-25-19-29(23-15-11-8-12-16-23)31(21-27(25)26)33(4,5)6;2*1-6-4-2-3-5-6;1-2-4-5-3-1;;;;/h7-21H,1-6H3;2*6H,1-5H2;1-5H;1H2;2*1H;/q4*-1;;;;+2/p-2. The van der Waals surface area contributed by atoms with E-state index >= 15 is 0 Å². The molecule has 0 atom stereocenters. The first kappa shape index (κ1) is 44.2. The van der Waals surface area contributed by atoms with Crippen molar-refractivity contribution in [1.82, 2.24) is 0 Å². The zero-order valence-electron chi connectivity index (χ0n) is 33.7. The molecule has 0 N–H and O–H groups in total. The van der Waals surface area contributed by atoms with E-state index in [2.05, 4.69) is 151 Å². The average Bonchev–Trinajstić information content (AvgIpc) is 3.97. The Morgan fingerprint density at radius 2 is 0.907 bits per heavy atom. The van der Waals surface area contributed by atoms with E-state index in [1.165, 1.54) is 106 Å². The van der Waals surface area contributed by atoms with E-state index in [4.69, 9.17) is 17.0 Å². The summed E-state index contributed by atoms with van der Waals surface area (Å²) in [7, 11) is 10.3. The molecule has 54 heavy (non-hydrogen) atoms. The molecule has 0 amide bonds. The summed E-state index contributed by atoms with van der Waals surface area (Å²) in [4.78, 5) is 0. The number of fused-ring (bicyclic) bond motifs is 3. The van der Waals surface area contributed by atoms with Crippen LogP contribution in [0.3, 0.4) is 0 Å². The molecule has 6 aromatic rings. The molecule has 0 aromatic heterocycles. The predicted octanol–water partition coefficient (Wildman–Crippen LogP) is 16.4. The van der Waals surface area contributed by atoms with Gasteiger partial charge in [0, 0.05) is 0 Å². The van der Waals surface area contributed by atoms with Gasteiger partial charge in [0.05, 0.1) is 0 Å². The fraction of sp³-hybridized carbons (Fsp3) is 0.353. The van der Waals surface area contributed by atoms with E-state index in [1.54, 1.807) is 0 Å². The molecule has 2 aliphatic rings. The second-order valence-electron chi connectivity index (χ2n) is 16.9. The second kappa shape index (κ2) is 21.1. The molecule has 8 rings (SSSR count). The summed E-state index contributed by atoms with van der Waals surface area (Å²) in [6, 6.07) is 43.7. The van der Waals surface area contributed by atoms with Gasteiger partial charge in [-0.15, -0.1) is 39.7 Å². The smallest absolute Gasteiger partial charge is 0.172 e. The molecule has 0 nitrogen and oxygen atoms in total. The van der Waals surface area contributed by atoms with Gasteiger partial charge in [-0.3, -0.25) is 0 Å². The van der Waals surface area contributed by atoms with Crippen LogP contribution in [-0.4, -0.2) is 4.21 Å². The predicted molar refractivity (Wildman–Crippen MR) is 241 cm³/mol. The van der Waals surface area contributed by atoms with Crippen LogP contribution in [0.2, 0.25) is 0 Å². The summed E-state index contributed by atoms with van der Waals surface area (Å²) in [5.41, 5.74) is 8.16. The molecule has 6 aromatic carbocycles. The Bertz CT molecular complexity index is 1830. The summed E-state index contributed by atoms with van der Waals surface area (Å²) >= 11 is -1.85. The maximum absolute atomic E-state index is 5.13. The Morgan fingerprint density at radius 3 is 1.15 bits per heavy atom. The van der Waals surface area contributed by atoms with Crippen LogP contribution in [0.4, 0.5) is 0 Å². The fourth-order valence-electron chi connectivity index (χ4n) is 7.40. The van der Waals surface area contributed by atoms with Crippen molar-refractivity contribution in [3.8, 4) is 22.3 Å². The molecule has 0 saturated heterocycles. The molecule has 288 valence electrons. The van der Waals surface area contributed by atoms with E-state index in [0.717, 1.165) is 11.8 Å². The van der Waals surface area contributed by atoms with Gasteiger partial charge in [-0.05, 0) is 44.2 Å². The van der Waals surface area contributed by atoms with Gasteiger partial charge in [0.25, 0.3) is 0 Å². The zero-order valence-corrected chi connectivity index (χ0v) is 37.7. The minimum atomic E-state index is -1.85. The third-order valence-electron chi connectivity index (χ3n) is 10.3. The van der Waals surface area contributed by atoms with Crippen molar-refractivity contribution in [1.29, 1.82) is 0 Å². The van der Waals surface area contributed by atoms with E-state index in [0.29, 0.717) is 0 Å². The number of hydrogen-bond acceptors (Lipinski definition) is 0. The topological polar surface area (TPSA) is 0 Å². The van der Waals surface area contributed by atoms with Gasteiger partial charge in [-0.1, -0.05) is 166 Å². The number of benzene rings is 4. The minimum absolute atomic E-state index is 0.0554. The van der Waals surface area contributed by atoms with Crippen LogP contribution in [0.25, 0.3) is 43.8 Å². The maximum atomic E-state index is 5.13. The van der Waals surface area contributed by atoms with E-state index in [9.17, 15) is 0 Å². The molecule has 2 saturated carbocycles. The van der Waals surface area contributed by atoms with E-state index < -0.39 is 18.9 Å². The van der Waals surface area contributed by atoms with E-state index in [-0.39, 0.29) is 10.8 Å². The molecule has 0 heterocycles. The molecule has 3 heteroatoms. The van der Waals surface area contributed by atoms with Gasteiger partial charge in [0.2, 0.25) is 0 Å². The van der Waals surface area contributed by atoms with Crippen molar-refractivity contribution in [2.24, 2.45) is 11.8 Å². The summed E-state index contributed by atoms with van der Waals surface area (Å²) in [6.07, 6.45) is 11.2. The summed E-state index contributed by atoms with van der Waals surface area (Å²) in [5.74, 6) is 1.59. The average molecular weight is 837 g/mol. The Morgan fingerprint density at radius 1 is 0.574 bits per heavy atom. The van der Waals surface area contributed by atoms with Crippen LogP contribution in [-0.2, 0) is 29.7 Å². The summed E-state index contributed by atoms with van der Waals surface area (Å²) in [6.45, 7) is 21.8. The Hall–Kier alpha value is -2.57. The maximum Gasteiger partial charge on any atom is -0.172 e. The Balaban J connectivity index is 0.000000248. The summed E-state index contributed by atoms with van der Waals surface area (Å²) in [5, 5.41) is 5.36. The van der Waals surface area contributed by atoms with Gasteiger partial charge in [0.1, 0.15) is 0 Å². The van der Waals surface area contributed by atoms with Crippen molar-refractivity contribution < 1.29 is 18.9 Å². The Labute approximate surface area is 343 Å². The normalized spacial score (nSPS) is 14.6. The van der Waals surface area contributed by atoms with Crippen molar-refractivity contribution in [2.45, 2.75) is 104 Å². The minimum Gasteiger partial charge on any atom is -0.214 e. The molecular weight excluding hydrogens is 775 g/mol. The molecule has 2 fully saturated rings. The van der Waals surface area contributed by atoms with Crippen molar-refractivity contribution in [3.63, 3.8) is 0 Å². The monoisotopic (exact) mass is 834 g/mol. The number of hydrogen-bond donors (Lipinski definition) is 0. The SMILES string of the molecule is CC(C)(C)c1cc2c(cc1-c1ccccc1)[cH-]c1cc(-c3ccccc3)c(C(C)(C)C)cc12.[CH2-]C1CCCC1.[CH2-]C1CCCC1.[CH2]=[Zr]([Cl])[Cl].c1cc[cH-]c1. The fourth-order valence-corrected chi connectivity index (χ4v) is 7.40. The largest absolute Gasteiger partial charge is 0.214 e. The molecular formula is C51H62Cl2Zr-4. The first-order valence-electron chi connectivity index (χ1n) is 19.8. The molecule has 2 aliphatic carbocycles. The first-order chi connectivity index (χ1) is 25.6. The van der Waals surface area contributed by atoms with Crippen LogP contribution < -0.4 is 0 Å². The third kappa shape index (κ3) is 13.6. The van der Waals surface area contributed by atoms with Gasteiger partial charge in [-0.25, -0.2) is 12.1 Å². The zero-order chi connectivity index (χ0) is 39.3. The van der Waals surface area contributed by atoms with E-state index in [1.807, 2.05) is 30.3 Å². The number of rotatable bonds is 2. The molecule has 0 unspecified atom stereocenters. The third-order valence-corrected chi connectivity index (χ3v) is 10.3. The molecule has 0 aliphatic heterocycles. The first-order valence-corrected chi connectivity index (χ1v) is 27.9. The van der Waals surface area contributed by atoms with Crippen molar-refractivity contribution in [3.05, 3.63) is 146 Å². The van der Waals surface area contributed by atoms with Crippen LogP contribution >= 0.6 is 17.0 Å². The summed E-state index contributed by atoms with van der Waals surface area (Å²) < 4.78 is 3.37. The quantitative estimate of drug-likeness (QED) is 0.152. The van der Waals surface area contributed by atoms with Gasteiger partial charge >= 0.3 is 40.1 Å². The van der Waals surface area contributed by atoms with Crippen molar-refractivity contribution >= 4 is 42.8 Å². The van der Waals surface area contributed by atoms with Gasteiger partial charge < -0.3 is 13.8 Å². The van der Waals surface area contributed by atoms with Gasteiger partial charge in [0.15, 0.2) is 0 Å². The van der Waals surface area contributed by atoms with Gasteiger partial charge in [-0.2, -0.15) is 30.0 Å². The molecule has 0 radical (unpaired) electrons. The molecule has 0 bridgehead atoms. The number of halogens is 2. The van der Waals surface area contributed by atoms with Crippen LogP contribution in [0.1, 0.15) is 104 Å². The second-order valence-corrected chi connectivity index (χ2v) is 25.2. The molecule has 0 spiro atoms. The van der Waals surface area contributed by atoms with Crippen molar-refractivity contribution in [2.75, 3.05) is 0 Å². The van der Waals surface area contributed by atoms with Crippen LogP contribution in [0, 0.1) is 25.7 Å². The van der Waals surface area contributed by atoms with Crippen LogP contribution in [0.5, 0.6) is 0 Å². The Kier molecular flexibility index (Phi) is 17.2.